The Bertz CT molecular complexity index is 394. The average molecular weight is 298 g/mol. The zero-order chi connectivity index (χ0) is 12.4. The van der Waals surface area contributed by atoms with Crippen molar-refractivity contribution in [2.24, 2.45) is 17.6 Å². The van der Waals surface area contributed by atoms with Crippen LogP contribution in [0.15, 0.2) is 16.6 Å². The maximum atomic E-state index is 5.83. The Labute approximate surface area is 112 Å². The molecule has 2 atom stereocenters. The van der Waals surface area contributed by atoms with Crippen molar-refractivity contribution in [2.75, 3.05) is 24.5 Å². The minimum atomic E-state index is 0.592. The van der Waals surface area contributed by atoms with E-state index in [1.807, 2.05) is 6.92 Å². The van der Waals surface area contributed by atoms with Crippen LogP contribution in [0.1, 0.15) is 19.0 Å². The minimum absolute atomic E-state index is 0.592. The fourth-order valence-corrected chi connectivity index (χ4v) is 2.59. The molecular weight excluding hydrogens is 278 g/mol. The van der Waals surface area contributed by atoms with Gasteiger partial charge in [-0.15, -0.1) is 0 Å². The quantitative estimate of drug-likeness (QED) is 0.912. The number of halogens is 1. The molecule has 1 fully saturated rings. The molecule has 2 rings (SSSR count). The summed E-state index contributed by atoms with van der Waals surface area (Å²) in [5.74, 6) is 2.40. The second-order valence-electron chi connectivity index (χ2n) is 4.94. The zero-order valence-corrected chi connectivity index (χ0v) is 12.1. The molecule has 2 heterocycles. The van der Waals surface area contributed by atoms with Gasteiger partial charge in [-0.2, -0.15) is 0 Å². The van der Waals surface area contributed by atoms with Crippen LogP contribution in [-0.4, -0.2) is 24.6 Å². The highest BCUT2D eigenvalue weighted by molar-refractivity contribution is 9.10. The van der Waals surface area contributed by atoms with Gasteiger partial charge >= 0.3 is 0 Å². The highest BCUT2D eigenvalue weighted by atomic mass is 79.9. The smallest absolute Gasteiger partial charge is 0.128 e. The van der Waals surface area contributed by atoms with Crippen molar-refractivity contribution in [2.45, 2.75) is 20.3 Å². The summed E-state index contributed by atoms with van der Waals surface area (Å²) in [5.41, 5.74) is 6.88. The van der Waals surface area contributed by atoms with Gasteiger partial charge in [0.25, 0.3) is 0 Å². The van der Waals surface area contributed by atoms with Crippen molar-refractivity contribution in [3.63, 3.8) is 0 Å². The predicted molar refractivity (Wildman–Crippen MR) is 75.2 cm³/mol. The van der Waals surface area contributed by atoms with Gasteiger partial charge in [-0.25, -0.2) is 4.98 Å². The standard InChI is InChI=1S/C13H20BrN3/c1-9-5-6-17(8-11(9)7-15)13-4-3-12(14)10(2)16-13/h3-4,9,11H,5-8,15H2,1-2H3. The van der Waals surface area contributed by atoms with E-state index in [1.165, 1.54) is 6.42 Å². The molecule has 1 aliphatic heterocycles. The molecule has 94 valence electrons. The summed E-state index contributed by atoms with van der Waals surface area (Å²) < 4.78 is 1.07. The molecule has 0 saturated carbocycles. The van der Waals surface area contributed by atoms with Crippen LogP contribution < -0.4 is 10.6 Å². The number of aryl methyl sites for hydroxylation is 1. The summed E-state index contributed by atoms with van der Waals surface area (Å²) in [6.45, 7) is 7.22. The Kier molecular flexibility index (Phi) is 4.05. The molecule has 1 aromatic heterocycles. The number of hydrogen-bond acceptors (Lipinski definition) is 3. The van der Waals surface area contributed by atoms with E-state index in [9.17, 15) is 0 Å². The third-order valence-corrected chi connectivity index (χ3v) is 4.59. The fraction of sp³-hybridized carbons (Fsp3) is 0.615. The van der Waals surface area contributed by atoms with E-state index in [1.54, 1.807) is 0 Å². The highest BCUT2D eigenvalue weighted by Crippen LogP contribution is 2.27. The maximum Gasteiger partial charge on any atom is 0.128 e. The third kappa shape index (κ3) is 2.80. The molecule has 1 saturated heterocycles. The van der Waals surface area contributed by atoms with Gasteiger partial charge < -0.3 is 10.6 Å². The van der Waals surface area contributed by atoms with Gasteiger partial charge in [-0.05, 0) is 59.8 Å². The molecule has 0 bridgehead atoms. The molecule has 0 radical (unpaired) electrons. The lowest BCUT2D eigenvalue weighted by Crippen LogP contribution is -2.43. The lowest BCUT2D eigenvalue weighted by Gasteiger charge is -2.37. The van der Waals surface area contributed by atoms with Crippen LogP contribution in [0.3, 0.4) is 0 Å². The Morgan fingerprint density at radius 3 is 2.94 bits per heavy atom. The first-order valence-corrected chi connectivity index (χ1v) is 6.99. The van der Waals surface area contributed by atoms with Gasteiger partial charge in [0.2, 0.25) is 0 Å². The van der Waals surface area contributed by atoms with Crippen molar-refractivity contribution in [1.82, 2.24) is 4.98 Å². The summed E-state index contributed by atoms with van der Waals surface area (Å²) in [6.07, 6.45) is 1.21. The third-order valence-electron chi connectivity index (χ3n) is 3.75. The summed E-state index contributed by atoms with van der Waals surface area (Å²) in [4.78, 5) is 6.99. The van der Waals surface area contributed by atoms with E-state index in [4.69, 9.17) is 5.73 Å². The van der Waals surface area contributed by atoms with Crippen LogP contribution in [0.2, 0.25) is 0 Å². The maximum absolute atomic E-state index is 5.83. The number of aromatic nitrogens is 1. The van der Waals surface area contributed by atoms with Crippen LogP contribution >= 0.6 is 15.9 Å². The monoisotopic (exact) mass is 297 g/mol. The Balaban J connectivity index is 2.14. The Hall–Kier alpha value is -0.610. The summed E-state index contributed by atoms with van der Waals surface area (Å²) in [6, 6.07) is 4.16. The van der Waals surface area contributed by atoms with Crippen molar-refractivity contribution < 1.29 is 0 Å². The highest BCUT2D eigenvalue weighted by Gasteiger charge is 2.25. The molecular formula is C13H20BrN3. The van der Waals surface area contributed by atoms with Crippen LogP contribution in [0.5, 0.6) is 0 Å². The summed E-state index contributed by atoms with van der Waals surface area (Å²) in [5, 5.41) is 0. The molecule has 0 aliphatic carbocycles. The SMILES string of the molecule is Cc1nc(N2CCC(C)C(CN)C2)ccc1Br. The molecule has 17 heavy (non-hydrogen) atoms. The summed E-state index contributed by atoms with van der Waals surface area (Å²) in [7, 11) is 0. The number of rotatable bonds is 2. The first-order valence-electron chi connectivity index (χ1n) is 6.20. The number of nitrogens with zero attached hydrogens (tertiary/aromatic N) is 2. The second-order valence-corrected chi connectivity index (χ2v) is 5.80. The van der Waals surface area contributed by atoms with Gasteiger partial charge in [0.15, 0.2) is 0 Å². The first kappa shape index (κ1) is 12.8. The molecule has 1 aliphatic rings. The second kappa shape index (κ2) is 5.36. The van der Waals surface area contributed by atoms with E-state index >= 15 is 0 Å². The van der Waals surface area contributed by atoms with Crippen molar-refractivity contribution in [3.05, 3.63) is 22.3 Å². The molecule has 4 heteroatoms. The molecule has 1 aromatic rings. The number of hydrogen-bond donors (Lipinski definition) is 1. The summed E-state index contributed by atoms with van der Waals surface area (Å²) >= 11 is 3.49. The van der Waals surface area contributed by atoms with Crippen LogP contribution in [0.25, 0.3) is 0 Å². The van der Waals surface area contributed by atoms with Crippen molar-refractivity contribution >= 4 is 21.7 Å². The predicted octanol–water partition coefficient (Wildman–Crippen LogP) is 2.57. The topological polar surface area (TPSA) is 42.2 Å². The number of anilines is 1. The molecule has 3 nitrogen and oxygen atoms in total. The normalized spacial score (nSPS) is 25.1. The lowest BCUT2D eigenvalue weighted by atomic mass is 9.87. The van der Waals surface area contributed by atoms with Gasteiger partial charge in [-0.1, -0.05) is 6.92 Å². The molecule has 0 spiro atoms. The molecule has 2 unspecified atom stereocenters. The molecule has 2 N–H and O–H groups in total. The average Bonchev–Trinajstić information content (AvgIpc) is 2.33. The lowest BCUT2D eigenvalue weighted by molar-refractivity contribution is 0.307. The van der Waals surface area contributed by atoms with E-state index in [0.29, 0.717) is 5.92 Å². The van der Waals surface area contributed by atoms with E-state index in [2.05, 4.69) is 44.9 Å². The number of nitrogens with two attached hydrogens (primary N) is 1. The van der Waals surface area contributed by atoms with Crippen LogP contribution in [-0.2, 0) is 0 Å². The van der Waals surface area contributed by atoms with Gasteiger partial charge in [0.05, 0.1) is 5.69 Å². The Morgan fingerprint density at radius 2 is 2.29 bits per heavy atom. The van der Waals surface area contributed by atoms with Gasteiger partial charge in [0, 0.05) is 17.6 Å². The van der Waals surface area contributed by atoms with E-state index in [-0.39, 0.29) is 0 Å². The van der Waals surface area contributed by atoms with Gasteiger partial charge in [-0.3, -0.25) is 0 Å². The van der Waals surface area contributed by atoms with Gasteiger partial charge in [0.1, 0.15) is 5.82 Å². The largest absolute Gasteiger partial charge is 0.356 e. The minimum Gasteiger partial charge on any atom is -0.356 e. The zero-order valence-electron chi connectivity index (χ0n) is 10.5. The number of piperidine rings is 1. The molecule has 0 amide bonds. The van der Waals surface area contributed by atoms with Crippen molar-refractivity contribution in [1.29, 1.82) is 0 Å². The van der Waals surface area contributed by atoms with Crippen LogP contribution in [0, 0.1) is 18.8 Å². The van der Waals surface area contributed by atoms with E-state index in [0.717, 1.165) is 41.5 Å². The van der Waals surface area contributed by atoms with E-state index < -0.39 is 0 Å². The fourth-order valence-electron chi connectivity index (χ4n) is 2.37. The molecule has 0 aromatic carbocycles. The number of pyridine rings is 1. The van der Waals surface area contributed by atoms with Crippen LogP contribution in [0.4, 0.5) is 5.82 Å². The first-order chi connectivity index (χ1) is 8.11. The van der Waals surface area contributed by atoms with Crippen molar-refractivity contribution in [3.8, 4) is 0 Å². The Morgan fingerprint density at radius 1 is 1.53 bits per heavy atom.